The van der Waals surface area contributed by atoms with Gasteiger partial charge in [0.25, 0.3) is 5.91 Å². The van der Waals surface area contributed by atoms with Crippen LogP contribution in [-0.2, 0) is 19.9 Å². The minimum absolute atomic E-state index is 0.142. The Balaban J connectivity index is 1.44. The van der Waals surface area contributed by atoms with E-state index < -0.39 is 11.6 Å². The van der Waals surface area contributed by atoms with Crippen molar-refractivity contribution in [1.82, 2.24) is 9.97 Å². The lowest BCUT2D eigenvalue weighted by Crippen LogP contribution is -2.57. The molecule has 2 heterocycles. The van der Waals surface area contributed by atoms with Crippen LogP contribution in [0.2, 0.25) is 0 Å². The van der Waals surface area contributed by atoms with Gasteiger partial charge in [-0.15, -0.1) is 0 Å². The molecule has 8 heteroatoms. The molecule has 1 saturated carbocycles. The average Bonchev–Trinajstić information content (AvgIpc) is 2.85. The fourth-order valence-corrected chi connectivity index (χ4v) is 5.48. The number of hydrogen-bond acceptors (Lipinski definition) is 6. The molecular weight excluding hydrogens is 432 g/mol. The summed E-state index contributed by atoms with van der Waals surface area (Å²) in [5, 5.41) is 14.6. The van der Waals surface area contributed by atoms with Crippen molar-refractivity contribution in [2.24, 2.45) is 5.92 Å². The third-order valence-electron chi connectivity index (χ3n) is 7.24. The lowest BCUT2D eigenvalue weighted by atomic mass is 9.73. The maximum atomic E-state index is 13.5. The molecule has 1 aromatic heterocycles. The highest BCUT2D eigenvalue weighted by atomic mass is 16.6. The van der Waals surface area contributed by atoms with Crippen LogP contribution < -0.4 is 5.32 Å². The number of piperidine rings is 1. The topological polar surface area (TPSA) is 101 Å². The van der Waals surface area contributed by atoms with E-state index in [9.17, 15) is 14.7 Å². The fraction of sp³-hybridized carbons (Fsp3) is 0.538. The number of carbonyl (C=O) groups excluding carboxylic acids is 2. The van der Waals surface area contributed by atoms with Crippen LogP contribution in [0, 0.1) is 5.92 Å². The van der Waals surface area contributed by atoms with Gasteiger partial charge in [0, 0.05) is 18.5 Å². The third-order valence-corrected chi connectivity index (χ3v) is 7.24. The van der Waals surface area contributed by atoms with Gasteiger partial charge in [0.1, 0.15) is 18.7 Å². The molecule has 1 aliphatic heterocycles. The Morgan fingerprint density at radius 3 is 2.59 bits per heavy atom. The van der Waals surface area contributed by atoms with Gasteiger partial charge < -0.3 is 19.6 Å². The number of likely N-dealkylation sites (N-methyl/N-ethyl adjacent to an activating group) is 1. The largest absolute Gasteiger partial charge is 0.454 e. The van der Waals surface area contributed by atoms with Crippen LogP contribution in [0.15, 0.2) is 48.9 Å². The van der Waals surface area contributed by atoms with Crippen molar-refractivity contribution in [3.63, 3.8) is 0 Å². The van der Waals surface area contributed by atoms with Gasteiger partial charge in [-0.25, -0.2) is 14.8 Å². The van der Waals surface area contributed by atoms with Crippen LogP contribution in [-0.4, -0.2) is 64.2 Å². The summed E-state index contributed by atoms with van der Waals surface area (Å²) in [5.41, 5.74) is -1.04. The standard InChI is InChI=1S/C26H34N4O4/c1-30(18-24(31)29-23-14-15-27-19-28-23)16-8-13-22(17-30)34-25(32)26(33,20-9-4-2-5-10-20)21-11-6-3-7-12-21/h2,4-5,9-10,14-15,19,21-22,33H,3,6-8,11-13,16-18H2,1H3/p+1/t22?,26-,30?/m0/s1. The molecule has 2 fully saturated rings. The lowest BCUT2D eigenvalue weighted by Gasteiger charge is -2.42. The van der Waals surface area contributed by atoms with E-state index in [1.54, 1.807) is 12.3 Å². The molecule has 2 N–H and O–H groups in total. The molecule has 2 aromatic rings. The van der Waals surface area contributed by atoms with Crippen molar-refractivity contribution in [2.75, 3.05) is 32.0 Å². The number of aromatic nitrogens is 2. The van der Waals surface area contributed by atoms with Crippen LogP contribution in [0.4, 0.5) is 5.82 Å². The predicted molar refractivity (Wildman–Crippen MR) is 127 cm³/mol. The Morgan fingerprint density at radius 1 is 1.12 bits per heavy atom. The second kappa shape index (κ2) is 10.6. The maximum absolute atomic E-state index is 13.5. The number of ether oxygens (including phenoxy) is 1. The lowest BCUT2D eigenvalue weighted by molar-refractivity contribution is -0.909. The summed E-state index contributed by atoms with van der Waals surface area (Å²) in [5.74, 6) is -0.392. The Labute approximate surface area is 201 Å². The van der Waals surface area contributed by atoms with E-state index >= 15 is 0 Å². The van der Waals surface area contributed by atoms with Gasteiger partial charge in [-0.3, -0.25) is 4.79 Å². The number of rotatable bonds is 7. The molecule has 1 amide bonds. The first kappa shape index (κ1) is 24.3. The van der Waals surface area contributed by atoms with Crippen LogP contribution in [0.1, 0.15) is 50.5 Å². The number of quaternary nitrogens is 1. The first-order valence-corrected chi connectivity index (χ1v) is 12.3. The number of likely N-dealkylation sites (tertiary alicyclic amines) is 1. The Bertz CT molecular complexity index is 967. The van der Waals surface area contributed by atoms with Gasteiger partial charge >= 0.3 is 5.97 Å². The average molecular weight is 468 g/mol. The van der Waals surface area contributed by atoms with E-state index in [4.69, 9.17) is 4.74 Å². The molecule has 0 spiro atoms. The van der Waals surface area contributed by atoms with Crippen LogP contribution >= 0.6 is 0 Å². The monoisotopic (exact) mass is 467 g/mol. The molecule has 1 aromatic carbocycles. The molecular formula is C26H35N4O4+. The molecule has 2 unspecified atom stereocenters. The molecule has 182 valence electrons. The number of carbonyl (C=O) groups is 2. The number of aliphatic hydroxyl groups is 1. The number of anilines is 1. The van der Waals surface area contributed by atoms with Crippen molar-refractivity contribution in [3.8, 4) is 0 Å². The Hall–Kier alpha value is -2.84. The zero-order valence-corrected chi connectivity index (χ0v) is 19.9. The van der Waals surface area contributed by atoms with Crippen LogP contribution in [0.3, 0.4) is 0 Å². The first-order chi connectivity index (χ1) is 16.4. The second-order valence-corrected chi connectivity index (χ2v) is 9.96. The predicted octanol–water partition coefficient (Wildman–Crippen LogP) is 3.04. The summed E-state index contributed by atoms with van der Waals surface area (Å²) >= 11 is 0. The van der Waals surface area contributed by atoms with Crippen molar-refractivity contribution >= 4 is 17.7 Å². The second-order valence-electron chi connectivity index (χ2n) is 9.96. The fourth-order valence-electron chi connectivity index (χ4n) is 5.48. The van der Waals surface area contributed by atoms with Crippen LogP contribution in [0.5, 0.6) is 0 Å². The maximum Gasteiger partial charge on any atom is 0.343 e. The van der Waals surface area contributed by atoms with Gasteiger partial charge in [0.2, 0.25) is 0 Å². The molecule has 2 aliphatic rings. The molecule has 0 radical (unpaired) electrons. The molecule has 1 saturated heterocycles. The Morgan fingerprint density at radius 2 is 1.88 bits per heavy atom. The molecule has 4 rings (SSSR count). The number of esters is 1. The van der Waals surface area contributed by atoms with Gasteiger partial charge in [-0.1, -0.05) is 49.6 Å². The van der Waals surface area contributed by atoms with E-state index in [2.05, 4.69) is 15.3 Å². The van der Waals surface area contributed by atoms with Crippen molar-refractivity contribution in [3.05, 3.63) is 54.5 Å². The molecule has 0 bridgehead atoms. The summed E-state index contributed by atoms with van der Waals surface area (Å²) in [6, 6.07) is 10.9. The van der Waals surface area contributed by atoms with E-state index in [-0.39, 0.29) is 24.5 Å². The SMILES string of the molecule is C[N+]1(CC(=O)Nc2ccncn2)CCCC(OC(=O)[C@](O)(c2ccccc2)C2CCCCC2)C1. The summed E-state index contributed by atoms with van der Waals surface area (Å²) < 4.78 is 6.46. The molecule has 8 nitrogen and oxygen atoms in total. The van der Waals surface area contributed by atoms with E-state index in [1.807, 2.05) is 37.4 Å². The minimum Gasteiger partial charge on any atom is -0.454 e. The van der Waals surface area contributed by atoms with Crippen LogP contribution in [0.25, 0.3) is 0 Å². The summed E-state index contributed by atoms with van der Waals surface area (Å²) in [6.07, 6.45) is 8.94. The number of hydrogen-bond donors (Lipinski definition) is 2. The first-order valence-electron chi connectivity index (χ1n) is 12.3. The summed E-state index contributed by atoms with van der Waals surface area (Å²) in [4.78, 5) is 34.1. The molecule has 34 heavy (non-hydrogen) atoms. The number of benzene rings is 1. The quantitative estimate of drug-likeness (QED) is 0.479. The number of nitrogens with zero attached hydrogens (tertiary/aromatic N) is 3. The highest BCUT2D eigenvalue weighted by Gasteiger charge is 2.48. The third kappa shape index (κ3) is 5.62. The number of nitrogens with one attached hydrogen (secondary N) is 1. The molecule has 3 atom stereocenters. The zero-order valence-electron chi connectivity index (χ0n) is 19.9. The van der Waals surface area contributed by atoms with E-state index in [0.29, 0.717) is 22.4 Å². The van der Waals surface area contributed by atoms with E-state index in [0.717, 1.165) is 51.5 Å². The van der Waals surface area contributed by atoms with Gasteiger partial charge in [-0.05, 0) is 30.9 Å². The zero-order chi connectivity index (χ0) is 24.0. The van der Waals surface area contributed by atoms with Gasteiger partial charge in [-0.2, -0.15) is 0 Å². The van der Waals surface area contributed by atoms with Crippen molar-refractivity contribution in [2.45, 2.75) is 56.7 Å². The summed E-state index contributed by atoms with van der Waals surface area (Å²) in [7, 11) is 2.00. The highest BCUT2D eigenvalue weighted by molar-refractivity contribution is 5.90. The Kier molecular flexibility index (Phi) is 7.58. The van der Waals surface area contributed by atoms with Crippen molar-refractivity contribution in [1.29, 1.82) is 0 Å². The normalized spacial score (nSPS) is 25.2. The highest BCUT2D eigenvalue weighted by Crippen LogP contribution is 2.41. The minimum atomic E-state index is -1.65. The molecule has 1 aliphatic carbocycles. The van der Waals surface area contributed by atoms with Crippen molar-refractivity contribution < 1.29 is 23.9 Å². The van der Waals surface area contributed by atoms with E-state index in [1.165, 1.54) is 6.33 Å². The van der Waals surface area contributed by atoms with Gasteiger partial charge in [0.15, 0.2) is 18.2 Å². The summed E-state index contributed by atoms with van der Waals surface area (Å²) in [6.45, 7) is 1.60. The van der Waals surface area contributed by atoms with Gasteiger partial charge in [0.05, 0.1) is 13.6 Å². The number of amides is 1. The smallest absolute Gasteiger partial charge is 0.343 e.